The van der Waals surface area contributed by atoms with Crippen molar-refractivity contribution < 1.29 is 27.8 Å². The van der Waals surface area contributed by atoms with Gasteiger partial charge in [-0.05, 0) is 61.2 Å². The third kappa shape index (κ3) is 5.98. The Bertz CT molecular complexity index is 1500. The average molecular weight is 540 g/mol. The molecule has 2 heterocycles. The van der Waals surface area contributed by atoms with Crippen molar-refractivity contribution in [2.24, 2.45) is 0 Å². The van der Waals surface area contributed by atoms with Gasteiger partial charge >= 0.3 is 6.18 Å². The zero-order valence-corrected chi connectivity index (χ0v) is 21.4. The van der Waals surface area contributed by atoms with Crippen LogP contribution in [0, 0.1) is 6.92 Å². The number of benzene rings is 2. The molecular weight excluding hydrogens is 511 g/mol. The largest absolute Gasteiger partial charge is 0.497 e. The topological polar surface area (TPSA) is 101 Å². The second-order valence-corrected chi connectivity index (χ2v) is 9.61. The van der Waals surface area contributed by atoms with Gasteiger partial charge in [-0.25, -0.2) is 9.50 Å². The van der Waals surface area contributed by atoms with E-state index in [0.717, 1.165) is 18.4 Å². The fourth-order valence-electron chi connectivity index (χ4n) is 4.31. The number of fused-ring (bicyclic) bond motifs is 1. The number of hydrogen-bond acceptors (Lipinski definition) is 6. The van der Waals surface area contributed by atoms with E-state index in [2.05, 4.69) is 20.7 Å². The highest BCUT2D eigenvalue weighted by Crippen LogP contribution is 2.31. The Labute approximate surface area is 222 Å². The van der Waals surface area contributed by atoms with Gasteiger partial charge in [0.15, 0.2) is 5.65 Å². The lowest BCUT2D eigenvalue weighted by Crippen LogP contribution is -2.26. The summed E-state index contributed by atoms with van der Waals surface area (Å²) in [7, 11) is 1.54. The highest BCUT2D eigenvalue weighted by atomic mass is 19.4. The summed E-state index contributed by atoms with van der Waals surface area (Å²) in [5.74, 6) is 0.490. The van der Waals surface area contributed by atoms with Crippen molar-refractivity contribution in [3.05, 3.63) is 77.1 Å². The average Bonchev–Trinajstić information content (AvgIpc) is 3.61. The molecule has 8 nitrogen and oxygen atoms in total. The number of methoxy groups -OCH3 is 1. The Morgan fingerprint density at radius 3 is 2.56 bits per heavy atom. The Kier molecular flexibility index (Phi) is 7.17. The van der Waals surface area contributed by atoms with E-state index in [1.807, 2.05) is 13.0 Å². The molecule has 1 fully saturated rings. The predicted octanol–water partition coefficient (Wildman–Crippen LogP) is 5.05. The molecule has 4 aromatic rings. The highest BCUT2D eigenvalue weighted by Gasteiger charge is 2.27. The summed E-state index contributed by atoms with van der Waals surface area (Å²) in [5, 5.41) is 21.5. The Morgan fingerprint density at radius 1 is 1.18 bits per heavy atom. The number of aliphatic hydroxyl groups is 1. The number of anilines is 1. The number of aliphatic hydroxyl groups excluding tert-OH is 1. The number of hydrogen-bond donors (Lipinski definition) is 3. The molecule has 2 aromatic carbocycles. The van der Waals surface area contributed by atoms with Gasteiger partial charge < -0.3 is 20.5 Å². The van der Waals surface area contributed by atoms with E-state index in [9.17, 15) is 23.1 Å². The monoisotopic (exact) mass is 539 g/mol. The molecule has 1 unspecified atom stereocenters. The summed E-state index contributed by atoms with van der Waals surface area (Å²) >= 11 is 0. The molecule has 0 spiro atoms. The normalized spacial score (nSPS) is 14.3. The number of carbonyl (C=O) groups excluding carboxylic acids is 1. The summed E-state index contributed by atoms with van der Waals surface area (Å²) < 4.78 is 45.2. The third-order valence-corrected chi connectivity index (χ3v) is 6.60. The number of aryl methyl sites for hydroxylation is 1. The number of alkyl halides is 3. The number of rotatable bonds is 9. The highest BCUT2D eigenvalue weighted by molar-refractivity contribution is 5.96. The first-order valence-corrected chi connectivity index (χ1v) is 12.6. The molecule has 1 saturated carbocycles. The number of nitrogens with one attached hydrogen (secondary N) is 2. The summed E-state index contributed by atoms with van der Waals surface area (Å²) in [6.45, 7) is 1.47. The number of carbonyl (C=O) groups is 1. The molecule has 0 aliphatic heterocycles. The van der Waals surface area contributed by atoms with Crippen molar-refractivity contribution >= 4 is 17.2 Å². The molecule has 39 heavy (non-hydrogen) atoms. The maximum absolute atomic E-state index is 12.8. The van der Waals surface area contributed by atoms with E-state index in [4.69, 9.17) is 4.74 Å². The van der Waals surface area contributed by atoms with Gasteiger partial charge in [0.1, 0.15) is 11.9 Å². The lowest BCUT2D eigenvalue weighted by molar-refractivity contribution is -0.131. The van der Waals surface area contributed by atoms with Crippen LogP contribution in [0.4, 0.5) is 18.9 Å². The van der Waals surface area contributed by atoms with E-state index >= 15 is 0 Å². The van der Waals surface area contributed by atoms with Gasteiger partial charge in [0.25, 0.3) is 5.91 Å². The van der Waals surface area contributed by atoms with Crippen molar-refractivity contribution in [2.75, 3.05) is 19.0 Å². The molecule has 1 aliphatic carbocycles. The molecule has 2 aromatic heterocycles. The van der Waals surface area contributed by atoms with Crippen molar-refractivity contribution in [1.29, 1.82) is 0 Å². The molecule has 0 radical (unpaired) electrons. The quantitative estimate of drug-likeness (QED) is 0.275. The smallest absolute Gasteiger partial charge is 0.390 e. The molecule has 5 rings (SSSR count). The first-order chi connectivity index (χ1) is 18.6. The van der Waals surface area contributed by atoms with Crippen LogP contribution in [0.5, 0.6) is 5.75 Å². The minimum atomic E-state index is -4.33. The number of nitrogens with zero attached hydrogens (tertiary/aromatic N) is 3. The van der Waals surface area contributed by atoms with E-state index in [0.29, 0.717) is 39.5 Å². The van der Waals surface area contributed by atoms with Gasteiger partial charge in [-0.3, -0.25) is 4.79 Å². The lowest BCUT2D eigenvalue weighted by Gasteiger charge is -2.16. The van der Waals surface area contributed by atoms with E-state index in [-0.39, 0.29) is 24.2 Å². The van der Waals surface area contributed by atoms with Crippen LogP contribution < -0.4 is 15.4 Å². The molecule has 0 saturated heterocycles. The molecule has 11 heteroatoms. The minimum absolute atomic E-state index is 0.126. The fourth-order valence-corrected chi connectivity index (χ4v) is 4.31. The summed E-state index contributed by atoms with van der Waals surface area (Å²) in [4.78, 5) is 17.0. The fraction of sp³-hybridized carbons (Fsp3) is 0.321. The number of imidazole rings is 1. The first-order valence-electron chi connectivity index (χ1n) is 12.6. The Balaban J connectivity index is 1.53. The van der Waals surface area contributed by atoms with E-state index in [1.54, 1.807) is 42.6 Å². The second-order valence-electron chi connectivity index (χ2n) is 9.61. The Morgan fingerprint density at radius 2 is 1.92 bits per heavy atom. The van der Waals surface area contributed by atoms with Crippen LogP contribution in [0.1, 0.15) is 52.5 Å². The molecular formula is C28H28F3N5O3. The van der Waals surface area contributed by atoms with Crippen LogP contribution in [0.3, 0.4) is 0 Å². The van der Waals surface area contributed by atoms with Crippen LogP contribution in [0.15, 0.2) is 54.7 Å². The zero-order valence-electron chi connectivity index (χ0n) is 21.4. The van der Waals surface area contributed by atoms with Crippen LogP contribution in [0.25, 0.3) is 16.9 Å². The van der Waals surface area contributed by atoms with Gasteiger partial charge in [0, 0.05) is 23.7 Å². The molecule has 1 atom stereocenters. The molecule has 204 valence electrons. The second kappa shape index (κ2) is 10.6. The Hall–Kier alpha value is -4.12. The van der Waals surface area contributed by atoms with Crippen molar-refractivity contribution in [3.63, 3.8) is 0 Å². The van der Waals surface area contributed by atoms with E-state index in [1.165, 1.54) is 17.7 Å². The van der Waals surface area contributed by atoms with Crippen molar-refractivity contribution in [2.45, 2.75) is 44.5 Å². The van der Waals surface area contributed by atoms with Crippen molar-refractivity contribution in [1.82, 2.24) is 19.9 Å². The molecule has 1 amide bonds. The van der Waals surface area contributed by atoms with Crippen LogP contribution >= 0.6 is 0 Å². The maximum Gasteiger partial charge on any atom is 0.390 e. The predicted molar refractivity (Wildman–Crippen MR) is 140 cm³/mol. The summed E-state index contributed by atoms with van der Waals surface area (Å²) in [6.07, 6.45) is -2.98. The molecule has 0 bridgehead atoms. The van der Waals surface area contributed by atoms with Crippen LogP contribution in [-0.4, -0.2) is 51.5 Å². The van der Waals surface area contributed by atoms with Gasteiger partial charge in [-0.1, -0.05) is 18.2 Å². The van der Waals surface area contributed by atoms with Crippen LogP contribution in [-0.2, 0) is 0 Å². The lowest BCUT2D eigenvalue weighted by atomic mass is 10.0. The first kappa shape index (κ1) is 26.5. The van der Waals surface area contributed by atoms with Crippen LogP contribution in [0.2, 0.25) is 0 Å². The van der Waals surface area contributed by atoms with E-state index < -0.39 is 18.7 Å². The minimum Gasteiger partial charge on any atom is -0.497 e. The number of ether oxygens (including phenoxy) is 1. The van der Waals surface area contributed by atoms with Gasteiger partial charge in [-0.15, -0.1) is 0 Å². The SMILES string of the molecule is COc1ccc(C(O)c2cc(NCCC(F)(F)F)c3ncc(-c4ccc(C(=O)NC5CC5)c(C)c4)n3n2)cc1. The van der Waals surface area contributed by atoms with Crippen molar-refractivity contribution in [3.8, 4) is 17.0 Å². The summed E-state index contributed by atoms with van der Waals surface area (Å²) in [5.41, 5.74) is 3.98. The zero-order chi connectivity index (χ0) is 27.7. The van der Waals surface area contributed by atoms with Gasteiger partial charge in [0.2, 0.25) is 0 Å². The third-order valence-electron chi connectivity index (χ3n) is 6.60. The molecule has 3 N–H and O–H groups in total. The maximum atomic E-state index is 12.8. The summed E-state index contributed by atoms with van der Waals surface area (Å²) in [6, 6.07) is 13.9. The van der Waals surface area contributed by atoms with Gasteiger partial charge in [0.05, 0.1) is 36.8 Å². The number of aromatic nitrogens is 3. The molecule has 1 aliphatic rings. The number of halogens is 3. The standard InChI is InChI=1S/C28H28F3N5O3/c1-16-13-18(5-10-21(16)27(38)34-19-6-7-19)24-15-33-26-23(32-12-11-28(29,30)31)14-22(35-36(24)26)25(37)17-3-8-20(39-2)9-4-17/h3-5,8-10,13-15,19,25,32,37H,6-7,11-12H2,1-2H3,(H,34,38). The van der Waals surface area contributed by atoms with Gasteiger partial charge in [-0.2, -0.15) is 18.3 Å². The number of amides is 1.